The highest BCUT2D eigenvalue weighted by molar-refractivity contribution is 7.98. The van der Waals surface area contributed by atoms with E-state index in [1.807, 2.05) is 42.5 Å². The smallest absolute Gasteiger partial charge is 0.226 e. The van der Waals surface area contributed by atoms with Crippen LogP contribution in [0.4, 0.5) is 0 Å². The minimum atomic E-state index is -0.763. The van der Waals surface area contributed by atoms with E-state index >= 15 is 0 Å². The number of aliphatic hydroxyl groups is 1. The largest absolute Gasteiger partial charge is 0.438 e. The molecule has 0 atom stereocenters. The van der Waals surface area contributed by atoms with Crippen molar-refractivity contribution in [3.05, 3.63) is 88.6 Å². The monoisotopic (exact) mass is 492 g/mol. The molecule has 3 aromatic rings. The van der Waals surface area contributed by atoms with Crippen LogP contribution in [0.15, 0.2) is 71.8 Å². The summed E-state index contributed by atoms with van der Waals surface area (Å²) in [6, 6.07) is 17.9. The van der Waals surface area contributed by atoms with Crippen molar-refractivity contribution in [3.8, 4) is 11.6 Å². The zero-order chi connectivity index (χ0) is 23.5. The van der Waals surface area contributed by atoms with E-state index in [0.29, 0.717) is 10.9 Å². The molecule has 0 saturated carbocycles. The zero-order valence-electron chi connectivity index (χ0n) is 19.3. The van der Waals surface area contributed by atoms with Crippen LogP contribution in [0.25, 0.3) is 5.57 Å². The fourth-order valence-electron chi connectivity index (χ4n) is 4.91. The van der Waals surface area contributed by atoms with Crippen molar-refractivity contribution in [2.24, 2.45) is 0 Å². The molecule has 0 spiro atoms. The molecule has 2 aliphatic rings. The van der Waals surface area contributed by atoms with Crippen LogP contribution in [0.5, 0.6) is 11.6 Å². The van der Waals surface area contributed by atoms with Gasteiger partial charge in [-0.2, -0.15) is 0 Å². The topological polar surface area (TPSA) is 45.6 Å². The first-order chi connectivity index (χ1) is 16.6. The second-order valence-corrected chi connectivity index (χ2v) is 10.3. The second-order valence-electron chi connectivity index (χ2n) is 8.97. The van der Waals surface area contributed by atoms with Gasteiger partial charge in [0.1, 0.15) is 5.75 Å². The number of allylic oxidation sites excluding steroid dienone is 1. The van der Waals surface area contributed by atoms with Crippen molar-refractivity contribution in [2.75, 3.05) is 25.9 Å². The van der Waals surface area contributed by atoms with Crippen molar-refractivity contribution >= 4 is 28.9 Å². The summed E-state index contributed by atoms with van der Waals surface area (Å²) >= 11 is 7.77. The first kappa shape index (κ1) is 23.4. The van der Waals surface area contributed by atoms with Gasteiger partial charge in [-0.15, -0.1) is 11.8 Å². The predicted molar refractivity (Wildman–Crippen MR) is 140 cm³/mol. The molecule has 1 N–H and O–H groups in total. The highest BCUT2D eigenvalue weighted by atomic mass is 35.5. The molecule has 0 aliphatic carbocycles. The molecule has 0 unspecified atom stereocenters. The minimum absolute atomic E-state index is 0.678. The summed E-state index contributed by atoms with van der Waals surface area (Å²) in [6.07, 6.45) is 9.48. The molecule has 5 rings (SSSR count). The molecular weight excluding hydrogens is 464 g/mol. The number of pyridine rings is 1. The van der Waals surface area contributed by atoms with Crippen molar-refractivity contribution in [3.63, 3.8) is 0 Å². The summed E-state index contributed by atoms with van der Waals surface area (Å²) in [7, 11) is 0. The van der Waals surface area contributed by atoms with Crippen molar-refractivity contribution in [2.45, 2.75) is 36.2 Å². The number of piperidine rings is 1. The molecule has 1 fully saturated rings. The molecule has 1 saturated heterocycles. The third kappa shape index (κ3) is 4.89. The Labute approximate surface area is 210 Å². The van der Waals surface area contributed by atoms with Crippen LogP contribution in [0.1, 0.15) is 36.0 Å². The van der Waals surface area contributed by atoms with Gasteiger partial charge in [0, 0.05) is 53.3 Å². The van der Waals surface area contributed by atoms with Crippen molar-refractivity contribution < 1.29 is 9.84 Å². The van der Waals surface area contributed by atoms with Crippen LogP contribution < -0.4 is 4.74 Å². The summed E-state index contributed by atoms with van der Waals surface area (Å²) in [5.41, 5.74) is 3.76. The van der Waals surface area contributed by atoms with E-state index < -0.39 is 5.60 Å². The first-order valence-electron chi connectivity index (χ1n) is 11.7. The van der Waals surface area contributed by atoms with Crippen LogP contribution in [0.3, 0.4) is 0 Å². The van der Waals surface area contributed by atoms with Gasteiger partial charge in [-0.05, 0) is 73.1 Å². The molecule has 0 radical (unpaired) electrons. The van der Waals surface area contributed by atoms with Gasteiger partial charge < -0.3 is 14.7 Å². The molecule has 2 aromatic carbocycles. The summed E-state index contributed by atoms with van der Waals surface area (Å²) in [5, 5.41) is 11.9. The summed E-state index contributed by atoms with van der Waals surface area (Å²) in [4.78, 5) is 8.20. The van der Waals surface area contributed by atoms with Crippen LogP contribution >= 0.6 is 23.4 Å². The van der Waals surface area contributed by atoms with Gasteiger partial charge in [0.05, 0.1) is 5.60 Å². The molecular formula is C28H29ClN2O2S. The van der Waals surface area contributed by atoms with E-state index in [0.717, 1.165) is 62.2 Å². The van der Waals surface area contributed by atoms with Gasteiger partial charge in [0.25, 0.3) is 0 Å². The van der Waals surface area contributed by atoms with Gasteiger partial charge in [-0.1, -0.05) is 35.9 Å². The molecule has 0 amide bonds. The Morgan fingerprint density at radius 1 is 1.12 bits per heavy atom. The third-order valence-corrected chi connectivity index (χ3v) is 7.98. The number of benzene rings is 2. The minimum Gasteiger partial charge on any atom is -0.438 e. The maximum absolute atomic E-state index is 11.2. The molecule has 0 bridgehead atoms. The maximum Gasteiger partial charge on any atom is 0.226 e. The molecule has 4 nitrogen and oxygen atoms in total. The van der Waals surface area contributed by atoms with E-state index in [9.17, 15) is 5.11 Å². The highest BCUT2D eigenvalue weighted by Gasteiger charge is 2.33. The number of aromatic nitrogens is 1. The van der Waals surface area contributed by atoms with E-state index in [1.165, 1.54) is 16.0 Å². The number of fused-ring (bicyclic) bond motifs is 2. The number of ether oxygens (including phenoxy) is 1. The van der Waals surface area contributed by atoms with Gasteiger partial charge in [-0.25, -0.2) is 4.98 Å². The number of likely N-dealkylation sites (tertiary alicyclic amines) is 1. The van der Waals surface area contributed by atoms with Crippen molar-refractivity contribution in [1.82, 2.24) is 9.88 Å². The van der Waals surface area contributed by atoms with E-state index in [2.05, 4.69) is 34.3 Å². The number of hydrogen-bond acceptors (Lipinski definition) is 5. The molecule has 176 valence electrons. The Morgan fingerprint density at radius 3 is 2.68 bits per heavy atom. The lowest BCUT2D eigenvalue weighted by Gasteiger charge is -2.38. The van der Waals surface area contributed by atoms with Gasteiger partial charge in [0.2, 0.25) is 5.88 Å². The lowest BCUT2D eigenvalue weighted by molar-refractivity contribution is -0.0254. The lowest BCUT2D eigenvalue weighted by Crippen LogP contribution is -2.42. The zero-order valence-corrected chi connectivity index (χ0v) is 20.9. The average Bonchev–Trinajstić information content (AvgIpc) is 3.02. The normalized spacial score (nSPS) is 18.6. The number of nitrogens with zero attached hydrogens (tertiary/aromatic N) is 2. The molecule has 6 heteroatoms. The van der Waals surface area contributed by atoms with E-state index in [-0.39, 0.29) is 0 Å². The van der Waals surface area contributed by atoms with Crippen LogP contribution in [-0.4, -0.2) is 40.9 Å². The van der Waals surface area contributed by atoms with Crippen LogP contribution in [0, 0.1) is 0 Å². The second kappa shape index (κ2) is 10.1. The average molecular weight is 493 g/mol. The summed E-state index contributed by atoms with van der Waals surface area (Å²) < 4.78 is 6.23. The Kier molecular flexibility index (Phi) is 6.98. The SMILES string of the molecule is CSc1cccc2c1CC(=CCCN1CCC(O)(c3ccc(Cl)cc3)CC1)c1cccnc1O2. The Morgan fingerprint density at radius 2 is 1.91 bits per heavy atom. The van der Waals surface area contributed by atoms with E-state index in [1.54, 1.807) is 18.0 Å². The molecule has 1 aromatic heterocycles. The third-order valence-electron chi connectivity index (χ3n) is 6.90. The molecule has 3 heterocycles. The van der Waals surface area contributed by atoms with Gasteiger partial charge in [-0.3, -0.25) is 0 Å². The number of rotatable bonds is 5. The Hall–Kier alpha value is -2.31. The Bertz CT molecular complexity index is 1190. The van der Waals surface area contributed by atoms with Crippen LogP contribution in [0.2, 0.25) is 5.02 Å². The summed E-state index contributed by atoms with van der Waals surface area (Å²) in [6.45, 7) is 2.72. The molecule has 2 aliphatic heterocycles. The predicted octanol–water partition coefficient (Wildman–Crippen LogP) is 6.56. The fraction of sp³-hybridized carbons (Fsp3) is 0.321. The maximum atomic E-state index is 11.2. The lowest BCUT2D eigenvalue weighted by atomic mass is 9.84. The highest BCUT2D eigenvalue weighted by Crippen LogP contribution is 2.41. The fourth-order valence-corrected chi connectivity index (χ4v) is 5.67. The van der Waals surface area contributed by atoms with Gasteiger partial charge in [0.15, 0.2) is 0 Å². The summed E-state index contributed by atoms with van der Waals surface area (Å²) in [5.74, 6) is 1.57. The van der Waals surface area contributed by atoms with Gasteiger partial charge >= 0.3 is 0 Å². The van der Waals surface area contributed by atoms with Crippen LogP contribution in [-0.2, 0) is 12.0 Å². The first-order valence-corrected chi connectivity index (χ1v) is 13.3. The number of hydrogen-bond donors (Lipinski definition) is 1. The quantitative estimate of drug-likeness (QED) is 0.408. The standard InChI is InChI=1S/C28H29ClN2O2S/c1-34-26-8-2-7-25-24(26)19-20(23-6-3-15-30-27(23)33-25)5-4-16-31-17-13-28(32,14-18-31)21-9-11-22(29)12-10-21/h2-3,5-12,15,32H,4,13-14,16-19H2,1H3. The van der Waals surface area contributed by atoms with E-state index in [4.69, 9.17) is 16.3 Å². The Balaban J connectivity index is 1.28. The number of halogens is 1. The van der Waals surface area contributed by atoms with Crippen molar-refractivity contribution in [1.29, 1.82) is 0 Å². The number of thioether (sulfide) groups is 1. The molecule has 34 heavy (non-hydrogen) atoms.